The summed E-state index contributed by atoms with van der Waals surface area (Å²) in [5.41, 5.74) is 0.703. The van der Waals surface area contributed by atoms with Crippen molar-refractivity contribution in [2.24, 2.45) is 11.3 Å². The van der Waals surface area contributed by atoms with E-state index in [1.54, 1.807) is 4.68 Å². The first-order chi connectivity index (χ1) is 12.0. The molecule has 2 aliphatic rings. The molecule has 132 valence electrons. The van der Waals surface area contributed by atoms with E-state index >= 15 is 0 Å². The summed E-state index contributed by atoms with van der Waals surface area (Å²) in [6.07, 6.45) is 2.09. The number of carbonyl (C=O) groups excluding carboxylic acids is 1. The minimum absolute atomic E-state index is 0.109. The van der Waals surface area contributed by atoms with Crippen molar-refractivity contribution < 1.29 is 14.3 Å². The van der Waals surface area contributed by atoms with E-state index in [0.29, 0.717) is 5.82 Å². The number of fused-ring (bicyclic) bond motifs is 1. The second-order valence-electron chi connectivity index (χ2n) is 7.47. The van der Waals surface area contributed by atoms with Gasteiger partial charge < -0.3 is 9.47 Å². The van der Waals surface area contributed by atoms with E-state index in [4.69, 9.17) is 9.47 Å². The second kappa shape index (κ2) is 5.95. The van der Waals surface area contributed by atoms with Crippen LogP contribution in [0.25, 0.3) is 5.69 Å². The van der Waals surface area contributed by atoms with Gasteiger partial charge in [0.05, 0.1) is 11.8 Å². The number of para-hydroxylation sites is 1. The summed E-state index contributed by atoms with van der Waals surface area (Å²) in [4.78, 5) is 16.9. The number of nitrogens with zero attached hydrogens (tertiary/aromatic N) is 3. The van der Waals surface area contributed by atoms with Crippen molar-refractivity contribution in [3.05, 3.63) is 42.0 Å². The molecule has 4 rings (SSSR count). The lowest BCUT2D eigenvalue weighted by Gasteiger charge is -2.58. The molecule has 0 amide bonds. The zero-order chi connectivity index (χ0) is 17.6. The van der Waals surface area contributed by atoms with Gasteiger partial charge >= 0.3 is 5.97 Å². The summed E-state index contributed by atoms with van der Waals surface area (Å²) in [6.45, 7) is 6.82. The predicted molar refractivity (Wildman–Crippen MR) is 91.5 cm³/mol. The summed E-state index contributed by atoms with van der Waals surface area (Å²) in [6, 6.07) is 9.64. The number of carbonyl (C=O) groups is 1. The number of esters is 1. The third-order valence-corrected chi connectivity index (χ3v) is 5.41. The van der Waals surface area contributed by atoms with Gasteiger partial charge in [0, 0.05) is 17.9 Å². The van der Waals surface area contributed by atoms with Gasteiger partial charge in [0.15, 0.2) is 0 Å². The van der Waals surface area contributed by atoms with Crippen molar-refractivity contribution >= 4 is 5.97 Å². The molecule has 25 heavy (non-hydrogen) atoms. The molecule has 0 N–H and O–H groups in total. The molecule has 2 heterocycles. The molecule has 0 unspecified atom stereocenters. The highest BCUT2D eigenvalue weighted by molar-refractivity contribution is 5.85. The molecule has 0 radical (unpaired) electrons. The number of hydrogen-bond acceptors (Lipinski definition) is 5. The van der Waals surface area contributed by atoms with Gasteiger partial charge in [0.2, 0.25) is 0 Å². The molecule has 1 aliphatic heterocycles. The first-order valence-electron chi connectivity index (χ1n) is 8.80. The van der Waals surface area contributed by atoms with E-state index in [1.165, 1.54) is 0 Å². The summed E-state index contributed by atoms with van der Waals surface area (Å²) in [7, 11) is 0. The molecule has 6 heteroatoms. The van der Waals surface area contributed by atoms with Crippen LogP contribution < -0.4 is 0 Å². The van der Waals surface area contributed by atoms with Gasteiger partial charge in [-0.2, -0.15) is 0 Å². The molecule has 1 saturated heterocycles. The second-order valence-corrected chi connectivity index (χ2v) is 7.47. The third-order valence-electron chi connectivity index (χ3n) is 5.41. The molecule has 2 fully saturated rings. The fourth-order valence-electron chi connectivity index (χ4n) is 4.17. The van der Waals surface area contributed by atoms with Crippen molar-refractivity contribution in [1.29, 1.82) is 0 Å². The third kappa shape index (κ3) is 2.65. The highest BCUT2D eigenvalue weighted by Gasteiger charge is 2.60. The Balaban J connectivity index is 1.52. The number of rotatable bonds is 3. The van der Waals surface area contributed by atoms with Gasteiger partial charge in [-0.25, -0.2) is 14.5 Å². The van der Waals surface area contributed by atoms with Crippen LogP contribution in [-0.4, -0.2) is 39.5 Å². The summed E-state index contributed by atoms with van der Waals surface area (Å²) in [5, 5.41) is 4.34. The van der Waals surface area contributed by atoms with E-state index < -0.39 is 5.97 Å². The number of hydrogen-bond donors (Lipinski definition) is 0. The molecular formula is C19H23N3O3. The Bertz CT molecular complexity index is 784. The minimum Gasteiger partial charge on any atom is -0.455 e. The molecule has 1 saturated carbocycles. The Kier molecular flexibility index (Phi) is 3.87. The van der Waals surface area contributed by atoms with Crippen LogP contribution in [0.2, 0.25) is 0 Å². The topological polar surface area (TPSA) is 66.2 Å². The van der Waals surface area contributed by atoms with Gasteiger partial charge in [-0.15, -0.1) is 5.10 Å². The number of aromatic nitrogens is 3. The van der Waals surface area contributed by atoms with Gasteiger partial charge in [-0.05, 0) is 31.9 Å². The van der Waals surface area contributed by atoms with E-state index in [-0.39, 0.29) is 29.4 Å². The summed E-state index contributed by atoms with van der Waals surface area (Å²) < 4.78 is 13.3. The molecule has 6 nitrogen and oxygen atoms in total. The first-order valence-corrected chi connectivity index (χ1v) is 8.80. The maximum absolute atomic E-state index is 12.6. The van der Waals surface area contributed by atoms with Gasteiger partial charge in [0.25, 0.3) is 5.82 Å². The van der Waals surface area contributed by atoms with Crippen LogP contribution in [0.5, 0.6) is 0 Å². The highest BCUT2D eigenvalue weighted by Crippen LogP contribution is 2.53. The fourth-order valence-corrected chi connectivity index (χ4v) is 4.17. The van der Waals surface area contributed by atoms with Crippen LogP contribution in [0.15, 0.2) is 30.3 Å². The quantitative estimate of drug-likeness (QED) is 0.803. The van der Waals surface area contributed by atoms with E-state index in [0.717, 1.165) is 25.1 Å². The maximum atomic E-state index is 12.6. The Hall–Kier alpha value is -2.21. The Labute approximate surface area is 147 Å². The lowest BCUT2D eigenvalue weighted by atomic mass is 9.57. The van der Waals surface area contributed by atoms with Crippen LogP contribution in [0.4, 0.5) is 0 Å². The molecule has 1 aromatic heterocycles. The highest BCUT2D eigenvalue weighted by atomic mass is 16.6. The smallest absolute Gasteiger partial charge is 0.378 e. The SMILES string of the molecule is Cc1nc(C(=O)O[C@@H]2[C@H]3CCCO[C@@H]3C2(C)C)nn1-c1ccccc1. The predicted octanol–water partition coefficient (Wildman–Crippen LogP) is 2.94. The molecule has 1 aliphatic carbocycles. The van der Waals surface area contributed by atoms with E-state index in [2.05, 4.69) is 23.9 Å². The average molecular weight is 341 g/mol. The number of benzene rings is 1. The van der Waals surface area contributed by atoms with Crippen LogP contribution in [0.1, 0.15) is 43.1 Å². The van der Waals surface area contributed by atoms with Gasteiger partial charge in [-0.1, -0.05) is 32.0 Å². The minimum atomic E-state index is -0.458. The van der Waals surface area contributed by atoms with E-state index in [9.17, 15) is 4.79 Å². The normalized spacial score (nSPS) is 27.2. The van der Waals surface area contributed by atoms with Gasteiger partial charge in [-0.3, -0.25) is 0 Å². The zero-order valence-electron chi connectivity index (χ0n) is 14.8. The summed E-state index contributed by atoms with van der Waals surface area (Å²) in [5.74, 6) is 0.590. The lowest BCUT2D eigenvalue weighted by molar-refractivity contribution is -0.243. The molecule has 1 aromatic carbocycles. The average Bonchev–Trinajstić information content (AvgIpc) is 3.02. The Morgan fingerprint density at radius 2 is 2.08 bits per heavy atom. The largest absolute Gasteiger partial charge is 0.455 e. The van der Waals surface area contributed by atoms with Crippen LogP contribution in [0, 0.1) is 18.3 Å². The Morgan fingerprint density at radius 3 is 2.84 bits per heavy atom. The van der Waals surface area contributed by atoms with Crippen molar-refractivity contribution in [3.8, 4) is 5.69 Å². The van der Waals surface area contributed by atoms with Gasteiger partial charge in [0.1, 0.15) is 11.9 Å². The summed E-state index contributed by atoms with van der Waals surface area (Å²) >= 11 is 0. The van der Waals surface area contributed by atoms with Crippen molar-refractivity contribution in [2.45, 2.75) is 45.8 Å². The maximum Gasteiger partial charge on any atom is 0.378 e. The monoisotopic (exact) mass is 341 g/mol. The van der Waals surface area contributed by atoms with Crippen LogP contribution >= 0.6 is 0 Å². The zero-order valence-corrected chi connectivity index (χ0v) is 14.8. The number of aryl methyl sites for hydroxylation is 1. The van der Waals surface area contributed by atoms with Crippen LogP contribution in [-0.2, 0) is 9.47 Å². The van der Waals surface area contributed by atoms with Crippen LogP contribution in [0.3, 0.4) is 0 Å². The molecule has 2 aromatic rings. The molecular weight excluding hydrogens is 318 g/mol. The molecule has 3 atom stereocenters. The van der Waals surface area contributed by atoms with Crippen molar-refractivity contribution in [1.82, 2.24) is 14.8 Å². The van der Waals surface area contributed by atoms with E-state index in [1.807, 2.05) is 37.3 Å². The molecule has 0 spiro atoms. The number of ether oxygens (including phenoxy) is 2. The van der Waals surface area contributed by atoms with Crippen molar-refractivity contribution in [3.63, 3.8) is 0 Å². The standard InChI is InChI=1S/C19H23N3O3/c1-12-20-17(21-22(12)13-8-5-4-6-9-13)18(23)25-16-14-10-7-11-24-15(14)19(16,2)3/h4-6,8-9,14-16H,7,10-11H2,1-3H3/t14-,15-,16+/m0/s1. The fraction of sp³-hybridized carbons (Fsp3) is 0.526. The first kappa shape index (κ1) is 16.3. The Morgan fingerprint density at radius 1 is 1.32 bits per heavy atom. The lowest BCUT2D eigenvalue weighted by Crippen LogP contribution is -2.65. The van der Waals surface area contributed by atoms with Crippen molar-refractivity contribution in [2.75, 3.05) is 6.61 Å². The molecule has 0 bridgehead atoms.